The third kappa shape index (κ3) is 3.43. The molecule has 23 heavy (non-hydrogen) atoms. The molecule has 0 bridgehead atoms. The third-order valence-electron chi connectivity index (χ3n) is 4.07. The minimum absolute atomic E-state index is 0.0950. The van der Waals surface area contributed by atoms with Crippen LogP contribution >= 0.6 is 0 Å². The summed E-state index contributed by atoms with van der Waals surface area (Å²) in [6, 6.07) is 15.6. The van der Waals surface area contributed by atoms with Gasteiger partial charge in [-0.05, 0) is 29.7 Å². The Morgan fingerprint density at radius 1 is 1.17 bits per heavy atom. The molecule has 1 heterocycles. The molecule has 3 N–H and O–H groups in total. The highest BCUT2D eigenvalue weighted by molar-refractivity contribution is 5.88. The summed E-state index contributed by atoms with van der Waals surface area (Å²) in [6.07, 6.45) is 1.47. The number of benzene rings is 2. The van der Waals surface area contributed by atoms with Crippen LogP contribution in [-0.4, -0.2) is 22.5 Å². The maximum atomic E-state index is 12.1. The number of carbonyl (C=O) groups is 1. The first-order valence-corrected chi connectivity index (χ1v) is 7.70. The van der Waals surface area contributed by atoms with E-state index < -0.39 is 6.10 Å². The van der Waals surface area contributed by atoms with E-state index in [9.17, 15) is 9.90 Å². The highest BCUT2D eigenvalue weighted by Gasteiger charge is 2.13. The monoisotopic (exact) mass is 308 g/mol. The average molecular weight is 308 g/mol. The second-order valence-electron chi connectivity index (χ2n) is 5.71. The highest BCUT2D eigenvalue weighted by Crippen LogP contribution is 2.19. The molecule has 1 atom stereocenters. The molecular formula is C19H20N2O2. The molecule has 4 heteroatoms. The first kappa shape index (κ1) is 15.3. The minimum Gasteiger partial charge on any atom is -0.387 e. The number of rotatable bonds is 5. The van der Waals surface area contributed by atoms with Crippen LogP contribution in [0.15, 0.2) is 54.7 Å². The van der Waals surface area contributed by atoms with Crippen molar-refractivity contribution >= 4 is 16.8 Å². The molecular weight excluding hydrogens is 288 g/mol. The Bertz CT molecular complexity index is 823. The lowest BCUT2D eigenvalue weighted by Crippen LogP contribution is -2.29. The quantitative estimate of drug-likeness (QED) is 0.678. The lowest BCUT2D eigenvalue weighted by atomic mass is 10.0. The fourth-order valence-corrected chi connectivity index (χ4v) is 2.79. The molecule has 118 valence electrons. The van der Waals surface area contributed by atoms with E-state index in [-0.39, 0.29) is 12.5 Å². The Hall–Kier alpha value is -2.59. The van der Waals surface area contributed by atoms with Gasteiger partial charge in [0, 0.05) is 23.6 Å². The van der Waals surface area contributed by atoms with E-state index in [2.05, 4.69) is 10.3 Å². The van der Waals surface area contributed by atoms with Gasteiger partial charge in [0.05, 0.1) is 12.5 Å². The van der Waals surface area contributed by atoms with Crippen molar-refractivity contribution in [3.63, 3.8) is 0 Å². The Kier molecular flexibility index (Phi) is 4.44. The Morgan fingerprint density at radius 3 is 2.74 bits per heavy atom. The first-order valence-electron chi connectivity index (χ1n) is 7.70. The molecule has 2 aromatic carbocycles. The lowest BCUT2D eigenvalue weighted by molar-refractivity contribution is -0.120. The molecule has 3 aromatic rings. The van der Waals surface area contributed by atoms with Gasteiger partial charge in [-0.2, -0.15) is 0 Å². The van der Waals surface area contributed by atoms with Crippen LogP contribution in [0.5, 0.6) is 0 Å². The van der Waals surface area contributed by atoms with Crippen LogP contribution in [0.1, 0.15) is 22.8 Å². The van der Waals surface area contributed by atoms with Gasteiger partial charge in [0.2, 0.25) is 5.91 Å². The first-order chi connectivity index (χ1) is 11.1. The number of hydrogen-bond acceptors (Lipinski definition) is 2. The summed E-state index contributed by atoms with van der Waals surface area (Å²) < 4.78 is 0. The molecule has 1 aromatic heterocycles. The molecule has 1 unspecified atom stereocenters. The summed E-state index contributed by atoms with van der Waals surface area (Å²) >= 11 is 0. The minimum atomic E-state index is -0.692. The van der Waals surface area contributed by atoms with Crippen molar-refractivity contribution in [1.82, 2.24) is 10.3 Å². The van der Waals surface area contributed by atoms with Gasteiger partial charge in [-0.15, -0.1) is 0 Å². The summed E-state index contributed by atoms with van der Waals surface area (Å²) in [5.74, 6) is -0.0950. The number of nitrogens with one attached hydrogen (secondary N) is 2. The zero-order valence-electron chi connectivity index (χ0n) is 13.0. The van der Waals surface area contributed by atoms with Crippen LogP contribution < -0.4 is 5.32 Å². The largest absolute Gasteiger partial charge is 0.387 e. The van der Waals surface area contributed by atoms with Gasteiger partial charge < -0.3 is 15.4 Å². The van der Waals surface area contributed by atoms with Crippen LogP contribution in [0.25, 0.3) is 10.9 Å². The van der Waals surface area contributed by atoms with E-state index in [1.807, 2.05) is 61.7 Å². The molecule has 0 aliphatic carbocycles. The van der Waals surface area contributed by atoms with Crippen molar-refractivity contribution in [3.05, 3.63) is 71.4 Å². The molecule has 0 spiro atoms. The maximum Gasteiger partial charge on any atom is 0.224 e. The number of aromatic nitrogens is 1. The molecule has 0 radical (unpaired) electrons. The second kappa shape index (κ2) is 6.67. The summed E-state index contributed by atoms with van der Waals surface area (Å²) in [7, 11) is 0. The van der Waals surface area contributed by atoms with Crippen molar-refractivity contribution in [3.8, 4) is 0 Å². The fraction of sp³-hybridized carbons (Fsp3) is 0.211. The van der Waals surface area contributed by atoms with Gasteiger partial charge in [-0.1, -0.05) is 42.5 Å². The molecule has 3 rings (SSSR count). The van der Waals surface area contributed by atoms with Gasteiger partial charge >= 0.3 is 0 Å². The molecule has 0 saturated heterocycles. The normalized spacial score (nSPS) is 12.3. The van der Waals surface area contributed by atoms with Crippen molar-refractivity contribution < 1.29 is 9.90 Å². The Morgan fingerprint density at radius 2 is 1.91 bits per heavy atom. The summed E-state index contributed by atoms with van der Waals surface area (Å²) in [4.78, 5) is 15.3. The molecule has 1 amide bonds. The van der Waals surface area contributed by atoms with E-state index >= 15 is 0 Å². The zero-order valence-corrected chi connectivity index (χ0v) is 13.0. The standard InChI is InChI=1S/C19H20N2O2/c1-13-6-2-3-7-15(13)18(22)12-21-19(23)10-14-11-20-17-9-5-4-8-16(14)17/h2-9,11,18,20,22H,10,12H2,1H3,(H,21,23). The lowest BCUT2D eigenvalue weighted by Gasteiger charge is -2.14. The number of aromatic amines is 1. The highest BCUT2D eigenvalue weighted by atomic mass is 16.3. The topological polar surface area (TPSA) is 65.1 Å². The van der Waals surface area contributed by atoms with Crippen molar-refractivity contribution in [1.29, 1.82) is 0 Å². The Balaban J connectivity index is 1.61. The van der Waals surface area contributed by atoms with Crippen LogP contribution in [0, 0.1) is 6.92 Å². The number of fused-ring (bicyclic) bond motifs is 1. The Labute approximate surface area is 135 Å². The van der Waals surface area contributed by atoms with Crippen LogP contribution in [0.2, 0.25) is 0 Å². The number of carbonyl (C=O) groups excluding carboxylic acids is 1. The third-order valence-corrected chi connectivity index (χ3v) is 4.07. The number of aliphatic hydroxyl groups excluding tert-OH is 1. The molecule has 0 aliphatic rings. The van der Waals surface area contributed by atoms with Gasteiger partial charge in [0.15, 0.2) is 0 Å². The SMILES string of the molecule is Cc1ccccc1C(O)CNC(=O)Cc1c[nH]c2ccccc12. The molecule has 4 nitrogen and oxygen atoms in total. The van der Waals surface area contributed by atoms with Gasteiger partial charge in [0.25, 0.3) is 0 Å². The van der Waals surface area contributed by atoms with E-state index in [0.717, 1.165) is 27.6 Å². The van der Waals surface area contributed by atoms with Crippen molar-refractivity contribution in [2.75, 3.05) is 6.54 Å². The predicted octanol–water partition coefficient (Wildman–Crippen LogP) is 2.87. The number of aliphatic hydroxyl groups is 1. The van der Waals surface area contributed by atoms with E-state index in [1.165, 1.54) is 0 Å². The van der Waals surface area contributed by atoms with E-state index in [4.69, 9.17) is 0 Å². The number of para-hydroxylation sites is 1. The number of H-pyrrole nitrogens is 1. The van der Waals surface area contributed by atoms with E-state index in [0.29, 0.717) is 6.42 Å². The van der Waals surface area contributed by atoms with Crippen molar-refractivity contribution in [2.45, 2.75) is 19.4 Å². The van der Waals surface area contributed by atoms with Gasteiger partial charge in [-0.25, -0.2) is 0 Å². The molecule has 0 aliphatic heterocycles. The number of hydrogen-bond donors (Lipinski definition) is 3. The summed E-state index contributed by atoms with van der Waals surface area (Å²) in [5, 5.41) is 14.1. The van der Waals surface area contributed by atoms with Crippen LogP contribution in [-0.2, 0) is 11.2 Å². The second-order valence-corrected chi connectivity index (χ2v) is 5.71. The van der Waals surface area contributed by atoms with Crippen LogP contribution in [0.4, 0.5) is 0 Å². The number of amides is 1. The summed E-state index contributed by atoms with van der Waals surface area (Å²) in [5.41, 5.74) is 3.85. The van der Waals surface area contributed by atoms with Gasteiger partial charge in [0.1, 0.15) is 0 Å². The predicted molar refractivity (Wildman–Crippen MR) is 91.2 cm³/mol. The smallest absolute Gasteiger partial charge is 0.224 e. The van der Waals surface area contributed by atoms with Crippen LogP contribution in [0.3, 0.4) is 0 Å². The number of aryl methyl sites for hydroxylation is 1. The molecule has 0 saturated carbocycles. The van der Waals surface area contributed by atoms with Crippen molar-refractivity contribution in [2.24, 2.45) is 0 Å². The van der Waals surface area contributed by atoms with E-state index in [1.54, 1.807) is 0 Å². The molecule has 0 fully saturated rings. The maximum absolute atomic E-state index is 12.1. The zero-order chi connectivity index (χ0) is 16.2. The average Bonchev–Trinajstić information content (AvgIpc) is 2.96. The van der Waals surface area contributed by atoms with Gasteiger partial charge in [-0.3, -0.25) is 4.79 Å². The fourth-order valence-electron chi connectivity index (χ4n) is 2.79. The summed E-state index contributed by atoms with van der Waals surface area (Å²) in [6.45, 7) is 2.17.